The molecule has 3 amide bonds. The van der Waals surface area contributed by atoms with E-state index in [2.05, 4.69) is 0 Å². The molecule has 1 aliphatic rings. The van der Waals surface area contributed by atoms with Crippen LogP contribution < -0.4 is 11.5 Å². The number of amides is 3. The van der Waals surface area contributed by atoms with Crippen LogP contribution >= 0.6 is 24.8 Å². The Bertz CT molecular complexity index is 853. The zero-order valence-electron chi connectivity index (χ0n) is 20.4. The lowest BCUT2D eigenvalue weighted by Gasteiger charge is -2.32. The van der Waals surface area contributed by atoms with Gasteiger partial charge < -0.3 is 41.3 Å². The van der Waals surface area contributed by atoms with Gasteiger partial charge in [0.2, 0.25) is 11.8 Å². The summed E-state index contributed by atoms with van der Waals surface area (Å²) in [6.07, 6.45) is -3.24. The van der Waals surface area contributed by atoms with E-state index in [-0.39, 0.29) is 82.0 Å². The van der Waals surface area contributed by atoms with Crippen LogP contribution in [-0.2, 0) is 14.3 Å². The topological polar surface area (TPSA) is 180 Å². The van der Waals surface area contributed by atoms with Gasteiger partial charge in [-0.05, 0) is 43.5 Å². The zero-order valence-corrected chi connectivity index (χ0v) is 22.0. The van der Waals surface area contributed by atoms with Crippen molar-refractivity contribution < 1.29 is 38.8 Å². The predicted octanol–water partition coefficient (Wildman–Crippen LogP) is -0.574. The molecule has 0 unspecified atom stereocenters. The summed E-state index contributed by atoms with van der Waals surface area (Å²) in [5, 5.41) is 30.9. The highest BCUT2D eigenvalue weighted by Crippen LogP contribution is 2.12. The first kappa shape index (κ1) is 34.9. The van der Waals surface area contributed by atoms with Gasteiger partial charge >= 0.3 is 0 Å². The third-order valence-electron chi connectivity index (χ3n) is 5.86. The third-order valence-corrected chi connectivity index (χ3v) is 5.86. The second-order valence-corrected chi connectivity index (χ2v) is 8.59. The van der Waals surface area contributed by atoms with Gasteiger partial charge in [0.1, 0.15) is 24.1 Å². The van der Waals surface area contributed by atoms with Crippen molar-refractivity contribution in [3.05, 3.63) is 35.6 Å². The first-order valence-electron chi connectivity index (χ1n) is 11.6. The normalized spacial score (nSPS) is 22.6. The molecule has 1 saturated heterocycles. The van der Waals surface area contributed by atoms with Crippen LogP contribution in [-0.4, -0.2) is 107 Å². The lowest BCUT2D eigenvalue weighted by molar-refractivity contribution is -0.132. The number of nitrogens with zero attached hydrogens (tertiary/aromatic N) is 2. The summed E-state index contributed by atoms with van der Waals surface area (Å²) in [6, 6.07) is 3.89. The van der Waals surface area contributed by atoms with Crippen LogP contribution in [0.1, 0.15) is 36.0 Å². The van der Waals surface area contributed by atoms with Gasteiger partial charge in [0.05, 0.1) is 12.6 Å². The second kappa shape index (κ2) is 17.4. The van der Waals surface area contributed by atoms with E-state index in [1.165, 1.54) is 21.9 Å². The number of hydrogen-bond donors (Lipinski definition) is 5. The first-order valence-corrected chi connectivity index (χ1v) is 11.6. The van der Waals surface area contributed by atoms with Gasteiger partial charge in [-0.2, -0.15) is 0 Å². The summed E-state index contributed by atoms with van der Waals surface area (Å²) < 4.78 is 18.7. The number of primary amides is 1. The molecule has 0 saturated carbocycles. The Hall–Kier alpha value is -2.06. The Morgan fingerprint density at radius 2 is 1.62 bits per heavy atom. The molecule has 1 aromatic carbocycles. The molecule has 7 N–H and O–H groups in total. The lowest BCUT2D eigenvalue weighted by atomic mass is 10.1. The Kier molecular flexibility index (Phi) is 16.5. The van der Waals surface area contributed by atoms with Crippen LogP contribution in [0.4, 0.5) is 4.39 Å². The van der Waals surface area contributed by atoms with Gasteiger partial charge in [0.15, 0.2) is 0 Å². The largest absolute Gasteiger partial charge is 0.388 e. The molecular weight excluding hydrogens is 534 g/mol. The van der Waals surface area contributed by atoms with Crippen LogP contribution in [0, 0.1) is 5.82 Å². The fraction of sp³-hybridized carbons (Fsp3) is 0.609. The lowest BCUT2D eigenvalue weighted by Crippen LogP contribution is -2.50. The van der Waals surface area contributed by atoms with Crippen molar-refractivity contribution in [1.29, 1.82) is 0 Å². The molecule has 0 radical (unpaired) electrons. The number of aliphatic hydroxyl groups excluding tert-OH is 3. The smallest absolute Gasteiger partial charge is 0.254 e. The van der Waals surface area contributed by atoms with Crippen molar-refractivity contribution in [3.63, 3.8) is 0 Å². The fourth-order valence-electron chi connectivity index (χ4n) is 3.63. The summed E-state index contributed by atoms with van der Waals surface area (Å²) in [5.74, 6) is -2.05. The standard InChI is InChI=1S/C23H35FN4O7.2ClH/c24-16-5-3-15(4-6-16)23(34)28-11-10-27(20(31)8-7-17(25)22(26)33)9-1-2-12-35-14-19(30)21(32)18(29)13-28;;/h3-6,17-19,21,29-30,32H,1-2,7-14,25H2,(H2,26,33);2*1H/t17-,18-,19+,21+;;/m0../s1. The van der Waals surface area contributed by atoms with E-state index in [0.29, 0.717) is 19.4 Å². The molecule has 37 heavy (non-hydrogen) atoms. The van der Waals surface area contributed by atoms with Crippen molar-refractivity contribution in [2.24, 2.45) is 11.5 Å². The minimum absolute atomic E-state index is 0. The van der Waals surface area contributed by atoms with Crippen molar-refractivity contribution >= 4 is 42.5 Å². The highest BCUT2D eigenvalue weighted by molar-refractivity contribution is 5.94. The molecule has 2 rings (SSSR count). The Labute approximate surface area is 227 Å². The molecule has 4 atom stereocenters. The molecule has 1 aliphatic heterocycles. The second-order valence-electron chi connectivity index (χ2n) is 8.59. The number of halogens is 3. The van der Waals surface area contributed by atoms with E-state index in [1.807, 2.05) is 0 Å². The summed E-state index contributed by atoms with van der Waals surface area (Å²) in [6.45, 7) is 0.175. The molecule has 11 nitrogen and oxygen atoms in total. The average Bonchev–Trinajstić information content (AvgIpc) is 2.83. The van der Waals surface area contributed by atoms with Crippen LogP contribution in [0.2, 0.25) is 0 Å². The quantitative estimate of drug-likeness (QED) is 0.312. The summed E-state index contributed by atoms with van der Waals surface area (Å²) in [4.78, 5) is 39.9. The number of hydrogen-bond acceptors (Lipinski definition) is 8. The zero-order chi connectivity index (χ0) is 26.0. The van der Waals surface area contributed by atoms with Gasteiger partial charge in [0, 0.05) is 44.8 Å². The molecule has 1 fully saturated rings. The monoisotopic (exact) mass is 570 g/mol. The summed E-state index contributed by atoms with van der Waals surface area (Å²) in [7, 11) is 0. The Balaban J connectivity index is 0.00000648. The van der Waals surface area contributed by atoms with Crippen molar-refractivity contribution in [1.82, 2.24) is 9.80 Å². The van der Waals surface area contributed by atoms with E-state index >= 15 is 0 Å². The average molecular weight is 571 g/mol. The molecule has 212 valence electrons. The number of aliphatic hydroxyl groups is 3. The number of nitrogens with two attached hydrogens (primary N) is 2. The minimum atomic E-state index is -1.57. The number of carbonyl (C=O) groups is 3. The van der Waals surface area contributed by atoms with Crippen LogP contribution in [0.25, 0.3) is 0 Å². The van der Waals surface area contributed by atoms with Crippen LogP contribution in [0.3, 0.4) is 0 Å². The van der Waals surface area contributed by atoms with Crippen molar-refractivity contribution in [2.45, 2.75) is 50.0 Å². The summed E-state index contributed by atoms with van der Waals surface area (Å²) >= 11 is 0. The van der Waals surface area contributed by atoms with Gasteiger partial charge in [-0.15, -0.1) is 24.8 Å². The maximum absolute atomic E-state index is 13.3. The van der Waals surface area contributed by atoms with E-state index in [1.54, 1.807) is 0 Å². The Morgan fingerprint density at radius 1 is 1.00 bits per heavy atom. The van der Waals surface area contributed by atoms with E-state index in [4.69, 9.17) is 16.2 Å². The maximum atomic E-state index is 13.3. The molecular formula is C23H37Cl2FN4O7. The molecule has 0 aromatic heterocycles. The number of carbonyl (C=O) groups excluding carboxylic acids is 3. The molecule has 0 bridgehead atoms. The van der Waals surface area contributed by atoms with Crippen molar-refractivity contribution in [2.75, 3.05) is 39.4 Å². The van der Waals surface area contributed by atoms with Gasteiger partial charge in [-0.3, -0.25) is 14.4 Å². The number of benzene rings is 1. The third kappa shape index (κ3) is 11.5. The highest BCUT2D eigenvalue weighted by atomic mass is 35.5. The van der Waals surface area contributed by atoms with Crippen LogP contribution in [0.5, 0.6) is 0 Å². The fourth-order valence-corrected chi connectivity index (χ4v) is 3.63. The van der Waals surface area contributed by atoms with Crippen LogP contribution in [0.15, 0.2) is 24.3 Å². The molecule has 0 aliphatic carbocycles. The maximum Gasteiger partial charge on any atom is 0.254 e. The molecule has 1 heterocycles. The SMILES string of the molecule is Cl.Cl.NC(=O)[C@@H](N)CCC(=O)N1CCCCOC[C@@H](O)[C@H](O)[C@@H](O)CN(C(=O)c2ccc(F)cc2)CC1. The van der Waals surface area contributed by atoms with Gasteiger partial charge in [0.25, 0.3) is 5.91 Å². The molecule has 0 spiro atoms. The predicted molar refractivity (Wildman–Crippen MR) is 138 cm³/mol. The van der Waals surface area contributed by atoms with Gasteiger partial charge in [-0.1, -0.05) is 0 Å². The number of ether oxygens (including phenoxy) is 1. The Morgan fingerprint density at radius 3 is 2.24 bits per heavy atom. The highest BCUT2D eigenvalue weighted by Gasteiger charge is 2.29. The first-order chi connectivity index (χ1) is 16.6. The molecule has 1 aromatic rings. The number of rotatable bonds is 5. The summed E-state index contributed by atoms with van der Waals surface area (Å²) in [5.41, 5.74) is 10.9. The van der Waals surface area contributed by atoms with E-state index < -0.39 is 42.0 Å². The van der Waals surface area contributed by atoms with Crippen molar-refractivity contribution in [3.8, 4) is 0 Å². The number of β-amino-alcohol motifs (C(OH)–C–C–N with tert-alkyl or cyclic N) is 1. The minimum Gasteiger partial charge on any atom is -0.388 e. The van der Waals surface area contributed by atoms with Gasteiger partial charge in [-0.25, -0.2) is 4.39 Å². The molecule has 14 heteroatoms. The van der Waals surface area contributed by atoms with E-state index in [9.17, 15) is 34.1 Å². The van der Waals surface area contributed by atoms with E-state index in [0.717, 1.165) is 12.1 Å².